The summed E-state index contributed by atoms with van der Waals surface area (Å²) in [5.74, 6) is -2.17. The zero-order valence-electron chi connectivity index (χ0n) is 12.1. The van der Waals surface area contributed by atoms with E-state index in [1.807, 2.05) is 0 Å². The van der Waals surface area contributed by atoms with Gasteiger partial charge in [-0.3, -0.25) is 0 Å². The van der Waals surface area contributed by atoms with Gasteiger partial charge in [-0.05, 0) is 13.8 Å². The van der Waals surface area contributed by atoms with Crippen LogP contribution in [0.3, 0.4) is 0 Å². The monoisotopic (exact) mass is 369 g/mol. The molecule has 0 amide bonds. The predicted molar refractivity (Wildman–Crippen MR) is 71.6 cm³/mol. The van der Waals surface area contributed by atoms with Crippen LogP contribution in [0.1, 0.15) is 53.4 Å². The van der Waals surface area contributed by atoms with Crippen LogP contribution in [0.25, 0.3) is 0 Å². The maximum atomic E-state index is 8.89. The quantitative estimate of drug-likeness (QED) is 0.550. The summed E-state index contributed by atoms with van der Waals surface area (Å²) in [4.78, 5) is 17.8. The molecule has 0 aromatic heterocycles. The average molecular weight is 368 g/mol. The summed E-state index contributed by atoms with van der Waals surface area (Å²) in [7, 11) is 0. The van der Waals surface area contributed by atoms with Crippen molar-refractivity contribution in [2.24, 2.45) is 0 Å². The van der Waals surface area contributed by atoms with Crippen LogP contribution in [0.15, 0.2) is 0 Å². The molecule has 3 N–H and O–H groups in total. The topological polar surface area (TPSA) is 115 Å². The third-order valence-electron chi connectivity index (χ3n) is 1.41. The van der Waals surface area contributed by atoms with E-state index in [2.05, 4.69) is 13.8 Å². The predicted octanol–water partition coefficient (Wildman–Crippen LogP) is 0.802. The number of rotatable bonds is 6. The second-order valence-corrected chi connectivity index (χ2v) is 7.72. The van der Waals surface area contributed by atoms with Crippen LogP contribution in [0.4, 0.5) is 0 Å². The molecule has 0 fully saturated rings. The number of hydrogen-bond acceptors (Lipinski definition) is 5. The van der Waals surface area contributed by atoms with Crippen LogP contribution in [0.2, 0.25) is 8.87 Å². The first kappa shape index (κ1) is 26.3. The van der Waals surface area contributed by atoms with Crippen molar-refractivity contribution in [3.63, 3.8) is 0 Å². The average Bonchev–Trinajstić information content (AvgIpc) is 2.16. The van der Waals surface area contributed by atoms with Crippen molar-refractivity contribution in [2.75, 3.05) is 0 Å². The van der Waals surface area contributed by atoms with Crippen LogP contribution < -0.4 is 16.4 Å². The molecule has 108 valence electrons. The fraction of sp³-hybridized carbons (Fsp3) is 0.833. The molecule has 0 heterocycles. The number of aliphatic carboxylic acids is 2. The Balaban J connectivity index is -0.0000000922. The Morgan fingerprint density at radius 1 is 0.889 bits per heavy atom. The molecule has 0 aromatic rings. The fourth-order valence-electron chi connectivity index (χ4n) is 0.729. The molecule has 0 aliphatic rings. The molecule has 0 rings (SSSR count). The molecule has 6 heteroatoms. The van der Waals surface area contributed by atoms with Crippen molar-refractivity contribution < 1.29 is 19.8 Å². The summed E-state index contributed by atoms with van der Waals surface area (Å²) in [6, 6.07) is 0. The second-order valence-electron chi connectivity index (χ2n) is 3.44. The Labute approximate surface area is 121 Å². The van der Waals surface area contributed by atoms with E-state index in [4.69, 9.17) is 19.8 Å². The first-order valence-electron chi connectivity index (χ1n) is 5.94. The van der Waals surface area contributed by atoms with E-state index in [1.165, 1.54) is 25.7 Å². The molecule has 5 nitrogen and oxygen atoms in total. The van der Waals surface area contributed by atoms with Crippen molar-refractivity contribution in [3.8, 4) is 0 Å². The molecule has 0 saturated heterocycles. The summed E-state index contributed by atoms with van der Waals surface area (Å²) in [5, 5.41) is 17.8. The van der Waals surface area contributed by atoms with Crippen LogP contribution in [-0.4, -0.2) is 33.1 Å². The smallest absolute Gasteiger partial charge is 0.344 e. The van der Waals surface area contributed by atoms with Crippen LogP contribution in [-0.2, 0) is 9.59 Å². The Hall–Kier alpha value is -0.301. The van der Waals surface area contributed by atoms with E-state index in [9.17, 15) is 0 Å². The minimum Gasteiger partial charge on any atom is -0.344 e. The zero-order valence-corrected chi connectivity index (χ0v) is 14.9. The number of carbonyl (C=O) groups excluding carboxylic acids is 2. The molecule has 0 aromatic carbocycles. The van der Waals surface area contributed by atoms with Crippen LogP contribution in [0.5, 0.6) is 0 Å². The number of carbonyl (C=O) groups is 2. The molecule has 0 bridgehead atoms. The van der Waals surface area contributed by atoms with Gasteiger partial charge in [-0.1, -0.05) is 0 Å². The van der Waals surface area contributed by atoms with E-state index in [0.717, 1.165) is 13.8 Å². The summed E-state index contributed by atoms with van der Waals surface area (Å²) in [5.41, 5.74) is 0. The Bertz CT molecular complexity index is 151. The third kappa shape index (κ3) is 104. The molecule has 0 unspecified atom stereocenters. The summed E-state index contributed by atoms with van der Waals surface area (Å²) < 4.78 is 3.25. The van der Waals surface area contributed by atoms with Gasteiger partial charge in [-0.25, -0.2) is 0 Å². The van der Waals surface area contributed by atoms with E-state index >= 15 is 0 Å². The Morgan fingerprint density at radius 3 is 1.28 bits per heavy atom. The molecule has 0 saturated carbocycles. The summed E-state index contributed by atoms with van der Waals surface area (Å²) >= 11 is 0.149. The number of hydrogen-bond donors (Lipinski definition) is 1. The minimum absolute atomic E-state index is 0. The molecule has 0 atom stereocenters. The van der Waals surface area contributed by atoms with Gasteiger partial charge in [0.2, 0.25) is 0 Å². The molecule has 0 aliphatic carbocycles. The van der Waals surface area contributed by atoms with Crippen LogP contribution >= 0.6 is 0 Å². The number of unbranched alkanes of at least 4 members (excludes halogenated alkanes) is 2. The molecule has 18 heavy (non-hydrogen) atoms. The van der Waals surface area contributed by atoms with Crippen molar-refractivity contribution in [2.45, 2.75) is 62.3 Å². The Kier molecular flexibility index (Phi) is 37.3. The van der Waals surface area contributed by atoms with E-state index in [0.29, 0.717) is 0 Å². The van der Waals surface area contributed by atoms with E-state index < -0.39 is 11.9 Å². The standard InChI is InChI=1S/2C4H9.2C2H4O2.H3N.Sn/c2*1-3-4-2;2*1-2(3)4;;/h2*1,3-4H2,2H3;2*1H3,(H,3,4);1H3;/q;;;;;+2/p-2. The number of carboxylic acid groups (broad SMARTS) is 2. The maximum Gasteiger partial charge on any atom is -0.344 e. The van der Waals surface area contributed by atoms with Gasteiger partial charge in [0, 0.05) is 11.9 Å². The summed E-state index contributed by atoms with van der Waals surface area (Å²) in [6.07, 6.45) is 5.84. The van der Waals surface area contributed by atoms with E-state index in [-0.39, 0.29) is 27.3 Å². The van der Waals surface area contributed by atoms with Gasteiger partial charge < -0.3 is 26.0 Å². The largest absolute Gasteiger partial charge is 0.344 e. The zero-order chi connectivity index (χ0) is 14.1. The van der Waals surface area contributed by atoms with E-state index in [1.54, 1.807) is 8.87 Å². The van der Waals surface area contributed by atoms with Crippen molar-refractivity contribution in [3.05, 3.63) is 0 Å². The SMILES string of the molecule is CC(=O)[O-].CC(=O)[O-].CCC[CH2][Sn+2][CH2]CCC.N. The minimum atomic E-state index is -1.08. The molecular formula is C12H27NO4Sn. The molecule has 0 aliphatic heterocycles. The van der Waals surface area contributed by atoms with Crippen molar-refractivity contribution >= 4 is 33.1 Å². The second kappa shape index (κ2) is 25.5. The summed E-state index contributed by atoms with van der Waals surface area (Å²) in [6.45, 7) is 6.53. The van der Waals surface area contributed by atoms with Gasteiger partial charge in [-0.2, -0.15) is 0 Å². The van der Waals surface area contributed by atoms with Gasteiger partial charge in [0.1, 0.15) is 0 Å². The Morgan fingerprint density at radius 2 is 1.11 bits per heavy atom. The third-order valence-corrected chi connectivity index (χ3v) is 5.45. The normalized spacial score (nSPS) is 7.33. The van der Waals surface area contributed by atoms with Gasteiger partial charge in [0.05, 0.1) is 0 Å². The molecule has 0 radical (unpaired) electrons. The molecular weight excluding hydrogens is 341 g/mol. The number of carboxylic acids is 2. The van der Waals surface area contributed by atoms with Gasteiger partial charge >= 0.3 is 69.5 Å². The molecule has 0 spiro atoms. The first-order valence-corrected chi connectivity index (χ1v) is 9.97. The van der Waals surface area contributed by atoms with Crippen molar-refractivity contribution in [1.29, 1.82) is 0 Å². The first-order chi connectivity index (χ1) is 7.88. The van der Waals surface area contributed by atoms with Crippen molar-refractivity contribution in [1.82, 2.24) is 6.15 Å². The maximum absolute atomic E-state index is 8.89. The van der Waals surface area contributed by atoms with Crippen LogP contribution in [0, 0.1) is 0 Å². The van der Waals surface area contributed by atoms with Gasteiger partial charge in [-0.15, -0.1) is 0 Å². The fourth-order valence-corrected chi connectivity index (χ4v) is 4.89. The van der Waals surface area contributed by atoms with Gasteiger partial charge in [0.15, 0.2) is 0 Å². The van der Waals surface area contributed by atoms with Gasteiger partial charge in [0.25, 0.3) is 0 Å².